The fraction of sp³-hybridized carbons (Fsp3) is 0.600. The fourth-order valence-electron chi connectivity index (χ4n) is 0.422. The molecule has 0 aromatic heterocycles. The smallest absolute Gasteiger partial charge is 0.211 e. The van der Waals surface area contributed by atoms with E-state index in [0.717, 1.165) is 0 Å². The summed E-state index contributed by atoms with van der Waals surface area (Å²) in [6.45, 7) is 1.40. The number of nitrogens with zero attached hydrogens (tertiary/aromatic N) is 2. The van der Waals surface area contributed by atoms with Crippen LogP contribution in [0.15, 0.2) is 0 Å². The molecule has 0 rings (SSSR count). The molecule has 0 aliphatic heterocycles. The van der Waals surface area contributed by atoms with E-state index in [9.17, 15) is 8.42 Å². The number of nitrogens with one attached hydrogen (secondary N) is 1. The van der Waals surface area contributed by atoms with Gasteiger partial charge in [-0.1, -0.05) is 0 Å². The lowest BCUT2D eigenvalue weighted by Crippen LogP contribution is -2.32. The first-order valence-corrected chi connectivity index (χ1v) is 4.43. The molecule has 0 saturated heterocycles. The highest BCUT2D eigenvalue weighted by atomic mass is 32.2. The molecule has 1 atom stereocenters. The maximum absolute atomic E-state index is 10.7. The fourth-order valence-corrected chi connectivity index (χ4v) is 1.27. The number of nitriles is 2. The Morgan fingerprint density at radius 1 is 1.55 bits per heavy atom. The van der Waals surface area contributed by atoms with Crippen LogP contribution in [-0.2, 0) is 10.0 Å². The summed E-state index contributed by atoms with van der Waals surface area (Å²) in [7, 11) is -3.58. The van der Waals surface area contributed by atoms with Crippen LogP contribution in [0.2, 0.25) is 0 Å². The average molecular weight is 173 g/mol. The molecule has 0 amide bonds. The molecule has 0 bridgehead atoms. The monoisotopic (exact) mass is 173 g/mol. The Bertz CT molecular complexity index is 295. The van der Waals surface area contributed by atoms with Crippen molar-refractivity contribution in [3.8, 4) is 12.1 Å². The zero-order valence-corrected chi connectivity index (χ0v) is 6.72. The SMILES string of the molecule is CC(C#N)NS(=O)(=O)CC#N. The molecular formula is C5H7N3O2S. The molecule has 0 aliphatic rings. The maximum atomic E-state index is 10.7. The molecular weight excluding hydrogens is 166 g/mol. The van der Waals surface area contributed by atoms with Crippen molar-refractivity contribution >= 4 is 10.0 Å². The van der Waals surface area contributed by atoms with Gasteiger partial charge in [0, 0.05) is 0 Å². The van der Waals surface area contributed by atoms with Crippen LogP contribution < -0.4 is 4.72 Å². The summed E-state index contributed by atoms with van der Waals surface area (Å²) < 4.78 is 23.4. The first kappa shape index (κ1) is 9.89. The quantitative estimate of drug-likeness (QED) is 0.613. The van der Waals surface area contributed by atoms with Gasteiger partial charge in [0.15, 0.2) is 5.75 Å². The third-order valence-corrected chi connectivity index (χ3v) is 2.03. The highest BCUT2D eigenvalue weighted by Crippen LogP contribution is 1.86. The largest absolute Gasteiger partial charge is 0.226 e. The van der Waals surface area contributed by atoms with Crippen LogP contribution >= 0.6 is 0 Å². The van der Waals surface area contributed by atoms with Crippen molar-refractivity contribution in [2.75, 3.05) is 5.75 Å². The van der Waals surface area contributed by atoms with Crippen LogP contribution in [0.4, 0.5) is 0 Å². The molecule has 0 aromatic carbocycles. The lowest BCUT2D eigenvalue weighted by Gasteiger charge is -2.02. The van der Waals surface area contributed by atoms with Gasteiger partial charge in [-0.3, -0.25) is 0 Å². The van der Waals surface area contributed by atoms with E-state index < -0.39 is 21.8 Å². The van der Waals surface area contributed by atoms with Crippen LogP contribution in [0.25, 0.3) is 0 Å². The van der Waals surface area contributed by atoms with Gasteiger partial charge >= 0.3 is 0 Å². The zero-order valence-electron chi connectivity index (χ0n) is 5.90. The number of hydrogen-bond acceptors (Lipinski definition) is 4. The molecule has 60 valence electrons. The second-order valence-corrected chi connectivity index (χ2v) is 3.64. The first-order chi connectivity index (χ1) is 5.02. The molecule has 0 heterocycles. The van der Waals surface area contributed by atoms with E-state index in [0.29, 0.717) is 0 Å². The van der Waals surface area contributed by atoms with Crippen molar-refractivity contribution < 1.29 is 8.42 Å². The second kappa shape index (κ2) is 3.91. The highest BCUT2D eigenvalue weighted by Gasteiger charge is 2.12. The molecule has 6 heteroatoms. The molecule has 5 nitrogen and oxygen atoms in total. The molecule has 11 heavy (non-hydrogen) atoms. The Morgan fingerprint density at radius 2 is 2.09 bits per heavy atom. The Kier molecular flexibility index (Phi) is 3.52. The van der Waals surface area contributed by atoms with Crippen molar-refractivity contribution in [3.63, 3.8) is 0 Å². The van der Waals surface area contributed by atoms with Crippen molar-refractivity contribution in [1.29, 1.82) is 10.5 Å². The molecule has 0 aliphatic carbocycles. The van der Waals surface area contributed by atoms with Gasteiger partial charge in [0.05, 0.1) is 12.1 Å². The minimum absolute atomic E-state index is 0.612. The van der Waals surface area contributed by atoms with Crippen LogP contribution in [0.5, 0.6) is 0 Å². The average Bonchev–Trinajstić information content (AvgIpc) is 1.86. The van der Waals surface area contributed by atoms with Crippen molar-refractivity contribution in [2.24, 2.45) is 0 Å². The van der Waals surface area contributed by atoms with Crippen molar-refractivity contribution in [3.05, 3.63) is 0 Å². The maximum Gasteiger partial charge on any atom is 0.226 e. The summed E-state index contributed by atoms with van der Waals surface area (Å²) in [5, 5.41) is 16.2. The standard InChI is InChI=1S/C5H7N3O2S/c1-5(4-7)8-11(9,10)3-2-6/h5,8H,3H2,1H3. The predicted octanol–water partition coefficient (Wildman–Crippen LogP) is -0.659. The van der Waals surface area contributed by atoms with Gasteiger partial charge in [0.1, 0.15) is 6.04 Å². The Labute approximate surface area is 65.3 Å². The second-order valence-electron chi connectivity index (χ2n) is 1.89. The van der Waals surface area contributed by atoms with Gasteiger partial charge in [-0.15, -0.1) is 0 Å². The predicted molar refractivity (Wildman–Crippen MR) is 37.6 cm³/mol. The lowest BCUT2D eigenvalue weighted by atomic mass is 10.4. The number of hydrogen-bond donors (Lipinski definition) is 1. The Hall–Kier alpha value is -1.11. The van der Waals surface area contributed by atoms with E-state index in [1.807, 2.05) is 4.72 Å². The Balaban J connectivity index is 4.20. The molecule has 0 aromatic rings. The molecule has 0 saturated carbocycles. The van der Waals surface area contributed by atoms with E-state index in [2.05, 4.69) is 0 Å². The topological polar surface area (TPSA) is 93.8 Å². The zero-order chi connectivity index (χ0) is 8.91. The van der Waals surface area contributed by atoms with Crippen LogP contribution in [0.3, 0.4) is 0 Å². The summed E-state index contributed by atoms with van der Waals surface area (Å²) >= 11 is 0. The minimum Gasteiger partial charge on any atom is -0.211 e. The van der Waals surface area contributed by atoms with E-state index in [1.165, 1.54) is 13.0 Å². The molecule has 0 radical (unpaired) electrons. The summed E-state index contributed by atoms with van der Waals surface area (Å²) in [6, 6.07) is 2.37. The van der Waals surface area contributed by atoms with E-state index >= 15 is 0 Å². The number of sulfonamides is 1. The van der Waals surface area contributed by atoms with E-state index in [4.69, 9.17) is 10.5 Å². The van der Waals surface area contributed by atoms with Gasteiger partial charge in [-0.05, 0) is 6.92 Å². The molecule has 0 fully saturated rings. The summed E-state index contributed by atoms with van der Waals surface area (Å²) in [6.07, 6.45) is 0. The lowest BCUT2D eigenvalue weighted by molar-refractivity contribution is 0.580. The van der Waals surface area contributed by atoms with Crippen LogP contribution in [0, 0.1) is 22.7 Å². The van der Waals surface area contributed by atoms with Crippen molar-refractivity contribution in [1.82, 2.24) is 4.72 Å². The van der Waals surface area contributed by atoms with Gasteiger partial charge in [-0.25, -0.2) is 8.42 Å². The number of rotatable bonds is 3. The summed E-state index contributed by atoms with van der Waals surface area (Å²) in [5.74, 6) is -0.612. The van der Waals surface area contributed by atoms with Crippen LogP contribution in [-0.4, -0.2) is 20.2 Å². The molecule has 1 unspecified atom stereocenters. The first-order valence-electron chi connectivity index (χ1n) is 2.78. The van der Waals surface area contributed by atoms with Crippen molar-refractivity contribution in [2.45, 2.75) is 13.0 Å². The third kappa shape index (κ3) is 4.31. The summed E-state index contributed by atoms with van der Waals surface area (Å²) in [5.41, 5.74) is 0. The van der Waals surface area contributed by atoms with E-state index in [-0.39, 0.29) is 0 Å². The van der Waals surface area contributed by atoms with Crippen LogP contribution in [0.1, 0.15) is 6.92 Å². The highest BCUT2D eigenvalue weighted by molar-refractivity contribution is 7.89. The third-order valence-electron chi connectivity index (χ3n) is 0.805. The molecule has 1 N–H and O–H groups in total. The van der Waals surface area contributed by atoms with E-state index in [1.54, 1.807) is 6.07 Å². The molecule has 0 spiro atoms. The van der Waals surface area contributed by atoms with Gasteiger partial charge < -0.3 is 0 Å². The Morgan fingerprint density at radius 3 is 2.45 bits per heavy atom. The minimum atomic E-state index is -3.58. The summed E-state index contributed by atoms with van der Waals surface area (Å²) in [4.78, 5) is 0. The van der Waals surface area contributed by atoms with Gasteiger partial charge in [-0.2, -0.15) is 15.2 Å². The van der Waals surface area contributed by atoms with Gasteiger partial charge in [0.2, 0.25) is 10.0 Å². The van der Waals surface area contributed by atoms with Gasteiger partial charge in [0.25, 0.3) is 0 Å². The normalized spacial score (nSPS) is 13.0.